The van der Waals surface area contributed by atoms with E-state index in [-0.39, 0.29) is 22.6 Å². The van der Waals surface area contributed by atoms with Gasteiger partial charge < -0.3 is 0 Å². The van der Waals surface area contributed by atoms with Gasteiger partial charge in [0.25, 0.3) is 0 Å². The number of hydrogen-bond donors (Lipinski definition) is 0. The minimum atomic E-state index is -3.01. The smallest absolute Gasteiger partial charge is 0.212 e. The molecule has 1 aliphatic carbocycles. The van der Waals surface area contributed by atoms with Crippen LogP contribution in [0.5, 0.6) is 0 Å². The second-order valence-corrected chi connectivity index (χ2v) is 8.87. The van der Waals surface area contributed by atoms with Crippen molar-refractivity contribution >= 4 is 10.0 Å². The van der Waals surface area contributed by atoms with Crippen molar-refractivity contribution in [2.24, 2.45) is 10.8 Å². The van der Waals surface area contributed by atoms with Crippen LogP contribution in [0.2, 0.25) is 0 Å². The van der Waals surface area contributed by atoms with Gasteiger partial charge in [-0.25, -0.2) is 8.42 Å². The van der Waals surface area contributed by atoms with E-state index < -0.39 is 10.0 Å². The summed E-state index contributed by atoms with van der Waals surface area (Å²) in [7, 11) is -3.01. The number of rotatable bonds is 2. The molecule has 2 aliphatic rings. The van der Waals surface area contributed by atoms with Crippen LogP contribution in [0.25, 0.3) is 0 Å². The fourth-order valence-electron chi connectivity index (χ4n) is 3.90. The van der Waals surface area contributed by atoms with Crippen LogP contribution >= 0.6 is 0 Å². The first-order valence-corrected chi connectivity index (χ1v) is 7.78. The van der Waals surface area contributed by atoms with Gasteiger partial charge in [0.1, 0.15) is 0 Å². The van der Waals surface area contributed by atoms with Crippen LogP contribution in [-0.4, -0.2) is 31.1 Å². The van der Waals surface area contributed by atoms with E-state index in [0.29, 0.717) is 0 Å². The van der Waals surface area contributed by atoms with E-state index in [1.807, 2.05) is 0 Å². The van der Waals surface area contributed by atoms with E-state index >= 15 is 0 Å². The molecule has 3 nitrogen and oxygen atoms in total. The first-order chi connectivity index (χ1) is 7.18. The normalized spacial score (nSPS) is 38.9. The molecule has 0 aromatic carbocycles. The third-order valence-electron chi connectivity index (χ3n) is 4.09. The Bertz CT molecular complexity index is 388. The predicted octanol–water partition coefficient (Wildman–Crippen LogP) is 2.24. The van der Waals surface area contributed by atoms with Crippen LogP contribution in [0, 0.1) is 10.8 Å². The van der Waals surface area contributed by atoms with Gasteiger partial charge >= 0.3 is 0 Å². The number of sulfonamides is 1. The molecule has 4 heteroatoms. The van der Waals surface area contributed by atoms with Crippen LogP contribution in [0.4, 0.5) is 0 Å². The Morgan fingerprint density at radius 1 is 1.25 bits per heavy atom. The van der Waals surface area contributed by atoms with Gasteiger partial charge in [-0.1, -0.05) is 20.8 Å². The minimum Gasteiger partial charge on any atom is -0.212 e. The van der Waals surface area contributed by atoms with E-state index in [9.17, 15) is 8.42 Å². The van der Waals surface area contributed by atoms with Crippen molar-refractivity contribution in [3.05, 3.63) is 0 Å². The average Bonchev–Trinajstić information content (AvgIpc) is 2.35. The molecule has 1 heterocycles. The van der Waals surface area contributed by atoms with Gasteiger partial charge in [0.15, 0.2) is 0 Å². The molecule has 1 saturated carbocycles. The Kier molecular flexibility index (Phi) is 2.67. The second kappa shape index (κ2) is 3.45. The fraction of sp³-hybridized carbons (Fsp3) is 1.00. The van der Waals surface area contributed by atoms with Gasteiger partial charge in [-0.3, -0.25) is 0 Å². The van der Waals surface area contributed by atoms with E-state index in [1.165, 1.54) is 0 Å². The largest absolute Gasteiger partial charge is 0.214 e. The van der Waals surface area contributed by atoms with Gasteiger partial charge in [0, 0.05) is 12.6 Å². The first-order valence-electron chi connectivity index (χ1n) is 6.17. The molecule has 0 aromatic heterocycles. The molecular formula is C12H23NO2S. The van der Waals surface area contributed by atoms with Gasteiger partial charge in [-0.15, -0.1) is 0 Å². The van der Waals surface area contributed by atoms with E-state index in [0.717, 1.165) is 25.8 Å². The lowest BCUT2D eigenvalue weighted by Gasteiger charge is -2.39. The van der Waals surface area contributed by atoms with Crippen molar-refractivity contribution in [2.45, 2.75) is 53.0 Å². The summed E-state index contributed by atoms with van der Waals surface area (Å²) >= 11 is 0. The number of nitrogens with zero attached hydrogens (tertiary/aromatic N) is 1. The third-order valence-corrected chi connectivity index (χ3v) is 5.96. The molecular weight excluding hydrogens is 222 g/mol. The molecule has 16 heavy (non-hydrogen) atoms. The Balaban J connectivity index is 2.30. The van der Waals surface area contributed by atoms with Crippen molar-refractivity contribution < 1.29 is 8.42 Å². The number of hydrogen-bond acceptors (Lipinski definition) is 2. The van der Waals surface area contributed by atoms with Crippen molar-refractivity contribution in [3.63, 3.8) is 0 Å². The Morgan fingerprint density at radius 3 is 2.44 bits per heavy atom. The molecule has 0 N–H and O–H groups in total. The molecule has 2 fully saturated rings. The lowest BCUT2D eigenvalue weighted by atomic mass is 9.65. The van der Waals surface area contributed by atoms with E-state index in [4.69, 9.17) is 0 Å². The van der Waals surface area contributed by atoms with Crippen LogP contribution in [0.1, 0.15) is 47.0 Å². The Hall–Kier alpha value is -0.0900. The molecule has 0 aromatic rings. The highest BCUT2D eigenvalue weighted by molar-refractivity contribution is 7.89. The van der Waals surface area contributed by atoms with Gasteiger partial charge in [0.05, 0.1) is 5.75 Å². The van der Waals surface area contributed by atoms with E-state index in [2.05, 4.69) is 20.8 Å². The summed E-state index contributed by atoms with van der Waals surface area (Å²) < 4.78 is 25.8. The van der Waals surface area contributed by atoms with Crippen LogP contribution in [0.3, 0.4) is 0 Å². The SMILES string of the molecule is CCS(=O)(=O)N1CC2(C)CC1CC(C)(C)C2. The average molecular weight is 245 g/mol. The van der Waals surface area contributed by atoms with Crippen molar-refractivity contribution in [2.75, 3.05) is 12.3 Å². The minimum absolute atomic E-state index is 0.203. The second-order valence-electron chi connectivity index (χ2n) is 6.66. The number of fused-ring (bicyclic) bond motifs is 2. The van der Waals surface area contributed by atoms with Crippen molar-refractivity contribution in [3.8, 4) is 0 Å². The molecule has 2 unspecified atom stereocenters. The van der Waals surface area contributed by atoms with Gasteiger partial charge in [-0.05, 0) is 37.0 Å². The monoisotopic (exact) mass is 245 g/mol. The summed E-state index contributed by atoms with van der Waals surface area (Å²) in [5.74, 6) is 0.236. The maximum absolute atomic E-state index is 12.0. The predicted molar refractivity (Wildman–Crippen MR) is 65.7 cm³/mol. The van der Waals surface area contributed by atoms with Gasteiger partial charge in [-0.2, -0.15) is 4.31 Å². The van der Waals surface area contributed by atoms with Crippen LogP contribution in [-0.2, 0) is 10.0 Å². The lowest BCUT2D eigenvalue weighted by molar-refractivity contribution is 0.133. The zero-order valence-electron chi connectivity index (χ0n) is 10.8. The highest BCUT2D eigenvalue weighted by atomic mass is 32.2. The first kappa shape index (κ1) is 12.4. The van der Waals surface area contributed by atoms with Crippen molar-refractivity contribution in [1.29, 1.82) is 0 Å². The molecule has 2 rings (SSSR count). The molecule has 94 valence electrons. The summed E-state index contributed by atoms with van der Waals surface area (Å²) in [4.78, 5) is 0. The highest BCUT2D eigenvalue weighted by Crippen LogP contribution is 2.53. The zero-order chi connectivity index (χ0) is 12.2. The van der Waals surface area contributed by atoms with Crippen LogP contribution < -0.4 is 0 Å². The summed E-state index contributed by atoms with van der Waals surface area (Å²) in [5, 5.41) is 0. The summed E-state index contributed by atoms with van der Waals surface area (Å²) in [6.45, 7) is 9.24. The molecule has 1 saturated heterocycles. The lowest BCUT2D eigenvalue weighted by Crippen LogP contribution is -2.38. The molecule has 1 aliphatic heterocycles. The Labute approximate surface area is 99.3 Å². The summed E-state index contributed by atoms with van der Waals surface area (Å²) in [6, 6.07) is 0.249. The molecule has 0 radical (unpaired) electrons. The Morgan fingerprint density at radius 2 is 1.88 bits per heavy atom. The fourth-order valence-corrected chi connectivity index (χ4v) is 5.34. The van der Waals surface area contributed by atoms with Gasteiger partial charge in [0.2, 0.25) is 10.0 Å². The standard InChI is InChI=1S/C12H23NO2S/c1-5-16(14,15)13-9-12(4)7-10(13)6-11(2,3)8-12/h10H,5-9H2,1-4H3. The van der Waals surface area contributed by atoms with Crippen molar-refractivity contribution in [1.82, 2.24) is 4.31 Å². The molecule has 2 atom stereocenters. The summed E-state index contributed by atoms with van der Waals surface area (Å²) in [5.41, 5.74) is 0.490. The molecule has 0 spiro atoms. The highest BCUT2D eigenvalue weighted by Gasteiger charge is 2.52. The zero-order valence-corrected chi connectivity index (χ0v) is 11.6. The van der Waals surface area contributed by atoms with E-state index in [1.54, 1.807) is 11.2 Å². The molecule has 2 bridgehead atoms. The maximum atomic E-state index is 12.0. The topological polar surface area (TPSA) is 37.4 Å². The quantitative estimate of drug-likeness (QED) is 0.748. The maximum Gasteiger partial charge on any atom is 0.214 e. The summed E-state index contributed by atoms with van der Waals surface area (Å²) in [6.07, 6.45) is 3.21. The molecule has 0 amide bonds. The third kappa shape index (κ3) is 2.02. The van der Waals surface area contributed by atoms with Crippen LogP contribution in [0.15, 0.2) is 0 Å².